The van der Waals surface area contributed by atoms with Crippen molar-refractivity contribution in [2.24, 2.45) is 5.73 Å². The van der Waals surface area contributed by atoms with Gasteiger partial charge in [0.25, 0.3) is 0 Å². The van der Waals surface area contributed by atoms with E-state index in [1.54, 1.807) is 12.1 Å². The fourth-order valence-electron chi connectivity index (χ4n) is 2.02. The van der Waals surface area contributed by atoms with Crippen LogP contribution in [-0.2, 0) is 6.42 Å². The Bertz CT molecular complexity index is 616. The molecular weight excluding hydrogens is 347 g/mol. The lowest BCUT2D eigenvalue weighted by Gasteiger charge is -2.18. The number of ether oxygens (including phenoxy) is 1. The zero-order valence-corrected chi connectivity index (χ0v) is 12.5. The summed E-state index contributed by atoms with van der Waals surface area (Å²) in [5.41, 5.74) is 7.29. The molecule has 0 aliphatic heterocycles. The molecule has 21 heavy (non-hydrogen) atoms. The Morgan fingerprint density at radius 2 is 1.67 bits per heavy atom. The Morgan fingerprint density at radius 3 is 2.33 bits per heavy atom. The van der Waals surface area contributed by atoms with E-state index in [0.717, 1.165) is 10.0 Å². The quantitative estimate of drug-likeness (QED) is 0.866. The van der Waals surface area contributed by atoms with Crippen molar-refractivity contribution in [3.05, 3.63) is 64.1 Å². The average molecular weight is 360 g/mol. The molecule has 1 unspecified atom stereocenters. The van der Waals surface area contributed by atoms with Gasteiger partial charge in [0.15, 0.2) is 0 Å². The van der Waals surface area contributed by atoms with Crippen molar-refractivity contribution in [1.29, 1.82) is 0 Å². The molecule has 1 atom stereocenters. The Hall–Kier alpha value is -1.53. The van der Waals surface area contributed by atoms with Crippen LogP contribution in [0.1, 0.15) is 17.2 Å². The normalized spacial score (nSPS) is 13.0. The first kappa shape index (κ1) is 15.9. The lowest BCUT2D eigenvalue weighted by Crippen LogP contribution is -2.21. The summed E-state index contributed by atoms with van der Waals surface area (Å²) in [7, 11) is 0. The van der Waals surface area contributed by atoms with Crippen LogP contribution in [0.2, 0.25) is 0 Å². The van der Waals surface area contributed by atoms with E-state index in [-0.39, 0.29) is 5.75 Å². The van der Waals surface area contributed by atoms with Crippen molar-refractivity contribution in [3.63, 3.8) is 0 Å². The molecule has 2 aromatic rings. The minimum Gasteiger partial charge on any atom is -0.405 e. The third kappa shape index (κ3) is 4.47. The summed E-state index contributed by atoms with van der Waals surface area (Å²) >= 11 is 3.40. The second-order valence-corrected chi connectivity index (χ2v) is 5.34. The van der Waals surface area contributed by atoms with Gasteiger partial charge in [0, 0.05) is 16.1 Å². The number of para-hydroxylation sites is 1. The highest BCUT2D eigenvalue weighted by Gasteiger charge is 2.32. The van der Waals surface area contributed by atoms with Crippen molar-refractivity contribution < 1.29 is 17.9 Å². The maximum atomic E-state index is 12.4. The standard InChI is InChI=1S/C15H13BrF3NO/c16-12-7-3-1-5-10(12)9-13(20)11-6-2-4-8-14(11)21-15(17,18)19/h1-8,13H,9,20H2. The first-order valence-corrected chi connectivity index (χ1v) is 7.00. The number of nitrogens with two attached hydrogens (primary N) is 1. The molecule has 0 aromatic heterocycles. The number of alkyl halides is 3. The summed E-state index contributed by atoms with van der Waals surface area (Å²) < 4.78 is 42.1. The van der Waals surface area contributed by atoms with Crippen LogP contribution in [0.5, 0.6) is 5.75 Å². The van der Waals surface area contributed by atoms with Crippen molar-refractivity contribution in [3.8, 4) is 5.75 Å². The van der Waals surface area contributed by atoms with Gasteiger partial charge in [-0.3, -0.25) is 0 Å². The van der Waals surface area contributed by atoms with Gasteiger partial charge in [0.2, 0.25) is 0 Å². The van der Waals surface area contributed by atoms with Gasteiger partial charge in [-0.15, -0.1) is 13.2 Å². The van der Waals surface area contributed by atoms with E-state index in [0.29, 0.717) is 12.0 Å². The largest absolute Gasteiger partial charge is 0.573 e. The summed E-state index contributed by atoms with van der Waals surface area (Å²) in [6.07, 6.45) is -4.33. The zero-order valence-electron chi connectivity index (χ0n) is 10.9. The molecule has 0 heterocycles. The summed E-state index contributed by atoms with van der Waals surface area (Å²) in [5, 5.41) is 0. The molecule has 2 nitrogen and oxygen atoms in total. The molecule has 0 spiro atoms. The van der Waals surface area contributed by atoms with Crippen LogP contribution >= 0.6 is 15.9 Å². The van der Waals surface area contributed by atoms with E-state index in [4.69, 9.17) is 5.73 Å². The predicted octanol–water partition coefficient (Wildman–Crippen LogP) is 4.59. The van der Waals surface area contributed by atoms with E-state index in [1.807, 2.05) is 24.3 Å². The maximum Gasteiger partial charge on any atom is 0.573 e. The van der Waals surface area contributed by atoms with Gasteiger partial charge in [-0.05, 0) is 24.1 Å². The van der Waals surface area contributed by atoms with Crippen molar-refractivity contribution in [2.45, 2.75) is 18.8 Å². The molecule has 0 saturated heterocycles. The SMILES string of the molecule is NC(Cc1ccccc1Br)c1ccccc1OC(F)(F)F. The molecule has 2 aromatic carbocycles. The second-order valence-electron chi connectivity index (χ2n) is 4.49. The van der Waals surface area contributed by atoms with Crippen LogP contribution in [-0.4, -0.2) is 6.36 Å². The molecule has 0 fully saturated rings. The molecule has 0 aliphatic rings. The Labute approximate surface area is 128 Å². The highest BCUT2D eigenvalue weighted by Crippen LogP contribution is 2.31. The molecule has 0 bridgehead atoms. The Balaban J connectivity index is 2.23. The van der Waals surface area contributed by atoms with Gasteiger partial charge < -0.3 is 10.5 Å². The first-order valence-electron chi connectivity index (χ1n) is 6.20. The molecular formula is C15H13BrF3NO. The lowest BCUT2D eigenvalue weighted by molar-refractivity contribution is -0.275. The van der Waals surface area contributed by atoms with E-state index >= 15 is 0 Å². The number of hydrogen-bond acceptors (Lipinski definition) is 2. The molecule has 2 N–H and O–H groups in total. The zero-order chi connectivity index (χ0) is 15.5. The van der Waals surface area contributed by atoms with Crippen molar-refractivity contribution >= 4 is 15.9 Å². The van der Waals surface area contributed by atoms with E-state index in [1.165, 1.54) is 12.1 Å². The van der Waals surface area contributed by atoms with Gasteiger partial charge in [-0.25, -0.2) is 0 Å². The molecule has 0 aliphatic carbocycles. The van der Waals surface area contributed by atoms with E-state index in [2.05, 4.69) is 20.7 Å². The number of halogens is 4. The van der Waals surface area contributed by atoms with Gasteiger partial charge >= 0.3 is 6.36 Å². The van der Waals surface area contributed by atoms with Crippen LogP contribution in [0.3, 0.4) is 0 Å². The summed E-state index contributed by atoms with van der Waals surface area (Å²) in [5.74, 6) is -0.260. The van der Waals surface area contributed by atoms with Gasteiger partial charge in [-0.2, -0.15) is 0 Å². The summed E-state index contributed by atoms with van der Waals surface area (Å²) in [6.45, 7) is 0. The topological polar surface area (TPSA) is 35.2 Å². The molecule has 2 rings (SSSR count). The fourth-order valence-corrected chi connectivity index (χ4v) is 2.46. The number of rotatable bonds is 4. The minimum absolute atomic E-state index is 0.260. The fraction of sp³-hybridized carbons (Fsp3) is 0.200. The Morgan fingerprint density at radius 1 is 1.05 bits per heavy atom. The third-order valence-electron chi connectivity index (χ3n) is 2.94. The smallest absolute Gasteiger partial charge is 0.405 e. The minimum atomic E-state index is -4.73. The van der Waals surface area contributed by atoms with Crippen molar-refractivity contribution in [2.75, 3.05) is 0 Å². The average Bonchev–Trinajstić information content (AvgIpc) is 2.40. The first-order chi connectivity index (χ1) is 9.87. The van der Waals surface area contributed by atoms with Crippen LogP contribution in [0.15, 0.2) is 53.0 Å². The molecule has 0 amide bonds. The van der Waals surface area contributed by atoms with E-state index < -0.39 is 12.4 Å². The van der Waals surface area contributed by atoms with Crippen LogP contribution < -0.4 is 10.5 Å². The van der Waals surface area contributed by atoms with Gasteiger partial charge in [-0.1, -0.05) is 52.3 Å². The third-order valence-corrected chi connectivity index (χ3v) is 3.72. The predicted molar refractivity (Wildman–Crippen MR) is 77.9 cm³/mol. The maximum absolute atomic E-state index is 12.4. The molecule has 0 saturated carbocycles. The molecule has 6 heteroatoms. The van der Waals surface area contributed by atoms with Crippen molar-refractivity contribution in [1.82, 2.24) is 0 Å². The highest BCUT2D eigenvalue weighted by molar-refractivity contribution is 9.10. The molecule has 0 radical (unpaired) electrons. The van der Waals surface area contributed by atoms with Crippen LogP contribution in [0, 0.1) is 0 Å². The number of hydrogen-bond donors (Lipinski definition) is 1. The second kappa shape index (κ2) is 6.49. The van der Waals surface area contributed by atoms with E-state index in [9.17, 15) is 13.2 Å². The number of benzene rings is 2. The van der Waals surface area contributed by atoms with Crippen LogP contribution in [0.4, 0.5) is 13.2 Å². The summed E-state index contributed by atoms with van der Waals surface area (Å²) in [4.78, 5) is 0. The van der Waals surface area contributed by atoms with Gasteiger partial charge in [0.1, 0.15) is 5.75 Å². The van der Waals surface area contributed by atoms with Crippen LogP contribution in [0.25, 0.3) is 0 Å². The molecule has 112 valence electrons. The Kier molecular flexibility index (Phi) is 4.90. The highest BCUT2D eigenvalue weighted by atomic mass is 79.9. The monoisotopic (exact) mass is 359 g/mol. The lowest BCUT2D eigenvalue weighted by atomic mass is 9.99. The van der Waals surface area contributed by atoms with Gasteiger partial charge in [0.05, 0.1) is 0 Å². The summed E-state index contributed by atoms with van der Waals surface area (Å²) in [6, 6.07) is 12.8.